The highest BCUT2D eigenvalue weighted by Gasteiger charge is 2.19. The topological polar surface area (TPSA) is 82.2 Å². The van der Waals surface area contributed by atoms with Crippen LogP contribution in [0.3, 0.4) is 0 Å². The zero-order chi connectivity index (χ0) is 19.6. The van der Waals surface area contributed by atoms with Gasteiger partial charge in [0.2, 0.25) is 0 Å². The maximum atomic E-state index is 13.9. The molecule has 1 heterocycles. The first-order valence-corrected chi connectivity index (χ1v) is 8.89. The Morgan fingerprint density at radius 2 is 1.96 bits per heavy atom. The lowest BCUT2D eigenvalue weighted by Crippen LogP contribution is -2.27. The molecular weight excluding hydrogens is 394 g/mol. The normalized spacial score (nSPS) is 10.9. The van der Waals surface area contributed by atoms with E-state index in [0.29, 0.717) is 29.4 Å². The third-order valence-corrected chi connectivity index (χ3v) is 4.85. The summed E-state index contributed by atoms with van der Waals surface area (Å²) in [5.74, 6) is -2.07. The van der Waals surface area contributed by atoms with E-state index in [0.717, 1.165) is 11.6 Å². The van der Waals surface area contributed by atoms with Crippen LogP contribution in [0.25, 0.3) is 10.9 Å². The van der Waals surface area contributed by atoms with Gasteiger partial charge < -0.3 is 15.4 Å². The smallest absolute Gasteiger partial charge is 0.291 e. The van der Waals surface area contributed by atoms with Crippen molar-refractivity contribution in [3.63, 3.8) is 0 Å². The number of aryl methyl sites for hydroxylation is 1. The van der Waals surface area contributed by atoms with E-state index in [-0.39, 0.29) is 16.5 Å². The van der Waals surface area contributed by atoms with Crippen LogP contribution in [-0.2, 0) is 6.42 Å². The number of halogens is 3. The fourth-order valence-electron chi connectivity index (χ4n) is 2.78. The van der Waals surface area contributed by atoms with Crippen molar-refractivity contribution in [2.45, 2.75) is 12.8 Å². The maximum absolute atomic E-state index is 13.9. The number of pyridine rings is 1. The van der Waals surface area contributed by atoms with Crippen molar-refractivity contribution in [2.75, 3.05) is 6.54 Å². The van der Waals surface area contributed by atoms with Gasteiger partial charge in [0.25, 0.3) is 11.5 Å². The molecule has 0 atom stereocenters. The molecule has 0 unspecified atom stereocenters. The second-order valence-corrected chi connectivity index (χ2v) is 6.76. The molecule has 27 heavy (non-hydrogen) atoms. The molecule has 1 amide bonds. The number of carbonyl (C=O) groups is 1. The summed E-state index contributed by atoms with van der Waals surface area (Å²) in [6.07, 6.45) is 1.24. The number of carbonyl (C=O) groups excluding carboxylic acids is 1. The summed E-state index contributed by atoms with van der Waals surface area (Å²) in [5.41, 5.74) is -0.331. The van der Waals surface area contributed by atoms with E-state index < -0.39 is 23.0 Å². The summed E-state index contributed by atoms with van der Waals surface area (Å²) in [7, 11) is 0. The highest BCUT2D eigenvalue weighted by Crippen LogP contribution is 2.24. The van der Waals surface area contributed by atoms with Crippen LogP contribution in [0.2, 0.25) is 10.0 Å². The molecule has 0 aliphatic carbocycles. The molecular formula is C19H15Cl2FN2O3. The first kappa shape index (κ1) is 19.2. The number of H-pyrrole nitrogens is 1. The van der Waals surface area contributed by atoms with Gasteiger partial charge in [-0.25, -0.2) is 4.39 Å². The lowest BCUT2D eigenvalue weighted by molar-refractivity contribution is 0.0952. The third kappa shape index (κ3) is 4.07. The van der Waals surface area contributed by atoms with Crippen LogP contribution in [0.5, 0.6) is 5.75 Å². The molecule has 3 N–H and O–H groups in total. The fraction of sp³-hybridized carbons (Fsp3) is 0.158. The molecule has 5 nitrogen and oxygen atoms in total. The van der Waals surface area contributed by atoms with Crippen molar-refractivity contribution >= 4 is 40.0 Å². The van der Waals surface area contributed by atoms with E-state index in [2.05, 4.69) is 10.3 Å². The van der Waals surface area contributed by atoms with Gasteiger partial charge in [0.1, 0.15) is 5.82 Å². The summed E-state index contributed by atoms with van der Waals surface area (Å²) < 4.78 is 13.9. The Balaban J connectivity index is 1.73. The maximum Gasteiger partial charge on any atom is 0.291 e. The van der Waals surface area contributed by atoms with Gasteiger partial charge in [0.15, 0.2) is 5.75 Å². The Morgan fingerprint density at radius 3 is 2.70 bits per heavy atom. The second-order valence-electron chi connectivity index (χ2n) is 5.95. The van der Waals surface area contributed by atoms with Crippen LogP contribution >= 0.6 is 23.2 Å². The Hall–Kier alpha value is -2.57. The van der Waals surface area contributed by atoms with Gasteiger partial charge in [-0.15, -0.1) is 0 Å². The van der Waals surface area contributed by atoms with Gasteiger partial charge in [-0.1, -0.05) is 41.4 Å². The number of para-hydroxylation sites is 1. The molecule has 1 aromatic heterocycles. The highest BCUT2D eigenvalue weighted by atomic mass is 35.5. The van der Waals surface area contributed by atoms with Crippen LogP contribution in [0.1, 0.15) is 22.3 Å². The lowest BCUT2D eigenvalue weighted by atomic mass is 10.1. The van der Waals surface area contributed by atoms with Crippen LogP contribution in [-0.4, -0.2) is 22.5 Å². The average Bonchev–Trinajstić information content (AvgIpc) is 2.63. The van der Waals surface area contributed by atoms with Gasteiger partial charge in [-0.3, -0.25) is 9.59 Å². The van der Waals surface area contributed by atoms with Crippen molar-refractivity contribution in [3.05, 3.63) is 73.7 Å². The Bertz CT molecular complexity index is 1080. The van der Waals surface area contributed by atoms with Crippen molar-refractivity contribution < 1.29 is 14.3 Å². The van der Waals surface area contributed by atoms with Crippen molar-refractivity contribution in [2.24, 2.45) is 0 Å². The monoisotopic (exact) mass is 408 g/mol. The first-order chi connectivity index (χ1) is 12.9. The van der Waals surface area contributed by atoms with Crippen molar-refractivity contribution in [3.8, 4) is 5.75 Å². The van der Waals surface area contributed by atoms with E-state index in [4.69, 9.17) is 23.2 Å². The van der Waals surface area contributed by atoms with Crippen LogP contribution < -0.4 is 10.9 Å². The Kier molecular flexibility index (Phi) is 5.68. The predicted molar refractivity (Wildman–Crippen MR) is 103 cm³/mol. The summed E-state index contributed by atoms with van der Waals surface area (Å²) >= 11 is 11.8. The number of aromatic amines is 1. The SMILES string of the molecule is O=C(NCCCc1ccc(Cl)c(Cl)c1)c1c(O)c(=O)[nH]c2c(F)cccc12. The van der Waals surface area contributed by atoms with Crippen molar-refractivity contribution in [1.82, 2.24) is 10.3 Å². The molecule has 0 radical (unpaired) electrons. The van der Waals surface area contributed by atoms with E-state index in [9.17, 15) is 19.1 Å². The molecule has 0 fully saturated rings. The number of fused-ring (bicyclic) bond motifs is 1. The van der Waals surface area contributed by atoms with Crippen LogP contribution in [0.15, 0.2) is 41.2 Å². The standard InChI is InChI=1S/C19H15Cl2FN2O3/c20-12-7-6-10(9-13(12)21)3-2-8-23-18(26)15-11-4-1-5-14(22)16(11)24-19(27)17(15)25/h1,4-7,9,25H,2-3,8H2,(H,23,26)(H,24,27). The van der Waals surface area contributed by atoms with Crippen molar-refractivity contribution in [1.29, 1.82) is 0 Å². The quantitative estimate of drug-likeness (QED) is 0.557. The minimum absolute atomic E-state index is 0.124. The van der Waals surface area contributed by atoms with E-state index in [1.165, 1.54) is 12.1 Å². The number of aromatic nitrogens is 1. The van der Waals surface area contributed by atoms with E-state index in [1.54, 1.807) is 12.1 Å². The van der Waals surface area contributed by atoms with Gasteiger partial charge in [-0.2, -0.15) is 0 Å². The Morgan fingerprint density at radius 1 is 1.19 bits per heavy atom. The molecule has 3 rings (SSSR count). The predicted octanol–water partition coefficient (Wildman–Crippen LogP) is 4.04. The number of hydrogen-bond donors (Lipinski definition) is 3. The molecule has 0 aliphatic rings. The summed E-state index contributed by atoms with van der Waals surface area (Å²) in [6, 6.07) is 9.32. The van der Waals surface area contributed by atoms with Gasteiger partial charge >= 0.3 is 0 Å². The molecule has 0 aliphatic heterocycles. The number of hydrogen-bond acceptors (Lipinski definition) is 3. The fourth-order valence-corrected chi connectivity index (χ4v) is 3.10. The average molecular weight is 409 g/mol. The molecule has 0 saturated carbocycles. The van der Waals surface area contributed by atoms with Crippen LogP contribution in [0.4, 0.5) is 4.39 Å². The van der Waals surface area contributed by atoms with Crippen LogP contribution in [0, 0.1) is 5.82 Å². The number of aromatic hydroxyl groups is 1. The van der Waals surface area contributed by atoms with E-state index >= 15 is 0 Å². The largest absolute Gasteiger partial charge is 0.502 e. The summed E-state index contributed by atoms with van der Waals surface area (Å²) in [6.45, 7) is 0.294. The zero-order valence-electron chi connectivity index (χ0n) is 14.0. The van der Waals surface area contributed by atoms with Gasteiger partial charge in [0.05, 0.1) is 21.1 Å². The molecule has 0 saturated heterocycles. The number of benzene rings is 2. The third-order valence-electron chi connectivity index (χ3n) is 4.11. The summed E-state index contributed by atoms with van der Waals surface area (Å²) in [4.78, 5) is 26.5. The van der Waals surface area contributed by atoms with E-state index in [1.807, 2.05) is 6.07 Å². The number of amides is 1. The molecule has 3 aromatic rings. The zero-order valence-corrected chi connectivity index (χ0v) is 15.5. The molecule has 2 aromatic carbocycles. The van der Waals surface area contributed by atoms with Gasteiger partial charge in [-0.05, 0) is 36.6 Å². The second kappa shape index (κ2) is 7.98. The lowest BCUT2D eigenvalue weighted by Gasteiger charge is -2.10. The Labute approximate surface area is 163 Å². The minimum atomic E-state index is -0.923. The number of nitrogens with one attached hydrogen (secondary N) is 2. The van der Waals surface area contributed by atoms with Gasteiger partial charge in [0, 0.05) is 11.9 Å². The number of rotatable bonds is 5. The molecule has 0 bridgehead atoms. The molecule has 0 spiro atoms. The summed E-state index contributed by atoms with van der Waals surface area (Å²) in [5, 5.41) is 13.7. The highest BCUT2D eigenvalue weighted by molar-refractivity contribution is 6.42. The molecule has 8 heteroatoms. The minimum Gasteiger partial charge on any atom is -0.502 e. The molecule has 140 valence electrons. The first-order valence-electron chi connectivity index (χ1n) is 8.14.